The number of carbonyl (C=O) groups excluding carboxylic acids is 1. The van der Waals surface area contributed by atoms with Crippen LogP contribution >= 0.6 is 11.6 Å². The van der Waals surface area contributed by atoms with Gasteiger partial charge < -0.3 is 15.3 Å². The van der Waals surface area contributed by atoms with Gasteiger partial charge in [0.15, 0.2) is 0 Å². The molecule has 2 aromatic carbocycles. The highest BCUT2D eigenvalue weighted by molar-refractivity contribution is 6.30. The number of nitriles is 1. The van der Waals surface area contributed by atoms with Crippen molar-refractivity contribution in [2.45, 2.75) is 25.9 Å². The predicted molar refractivity (Wildman–Crippen MR) is 120 cm³/mol. The molecule has 4 rings (SSSR count). The standard InChI is InChI=1S/C23H22ClN5O2/c1-15-21(14-26-29(15)19-5-2-17(24)3-6-19)23(31)27-18-4-7-22(16(12-18)13-25)28-10-8-20(30)9-11-28/h2-7,12,14,20,30H,8-11H2,1H3,(H,27,31). The third-order valence-electron chi connectivity index (χ3n) is 5.51. The number of aromatic nitrogens is 2. The largest absolute Gasteiger partial charge is 0.393 e. The number of hydrogen-bond acceptors (Lipinski definition) is 5. The smallest absolute Gasteiger partial charge is 0.259 e. The van der Waals surface area contributed by atoms with Crippen LogP contribution in [-0.2, 0) is 0 Å². The molecule has 1 amide bonds. The summed E-state index contributed by atoms with van der Waals surface area (Å²) < 4.78 is 1.68. The first-order valence-electron chi connectivity index (χ1n) is 10.1. The number of halogens is 1. The van der Waals surface area contributed by atoms with Crippen molar-refractivity contribution in [2.75, 3.05) is 23.3 Å². The van der Waals surface area contributed by atoms with Gasteiger partial charge in [-0.25, -0.2) is 4.68 Å². The normalized spacial score (nSPS) is 14.3. The van der Waals surface area contributed by atoms with Gasteiger partial charge in [-0.3, -0.25) is 4.79 Å². The molecule has 0 unspecified atom stereocenters. The number of piperidine rings is 1. The Morgan fingerprint density at radius 1 is 1.23 bits per heavy atom. The van der Waals surface area contributed by atoms with Crippen LogP contribution in [0.4, 0.5) is 11.4 Å². The van der Waals surface area contributed by atoms with Gasteiger partial charge in [-0.1, -0.05) is 11.6 Å². The average molecular weight is 436 g/mol. The summed E-state index contributed by atoms with van der Waals surface area (Å²) in [5, 5.41) is 27.1. The lowest BCUT2D eigenvalue weighted by Crippen LogP contribution is -2.36. The van der Waals surface area contributed by atoms with Crippen molar-refractivity contribution in [1.82, 2.24) is 9.78 Å². The van der Waals surface area contributed by atoms with Crippen LogP contribution in [0.3, 0.4) is 0 Å². The molecule has 1 aromatic heterocycles. The van der Waals surface area contributed by atoms with Crippen molar-refractivity contribution < 1.29 is 9.90 Å². The van der Waals surface area contributed by atoms with Crippen molar-refractivity contribution in [1.29, 1.82) is 5.26 Å². The highest BCUT2D eigenvalue weighted by Gasteiger charge is 2.20. The van der Waals surface area contributed by atoms with Gasteiger partial charge in [0.05, 0.1) is 40.5 Å². The summed E-state index contributed by atoms with van der Waals surface area (Å²) in [4.78, 5) is 14.9. The van der Waals surface area contributed by atoms with E-state index in [0.717, 1.165) is 11.4 Å². The molecule has 0 saturated carbocycles. The molecule has 2 heterocycles. The molecule has 1 fully saturated rings. The van der Waals surface area contributed by atoms with E-state index >= 15 is 0 Å². The third-order valence-corrected chi connectivity index (χ3v) is 5.76. The van der Waals surface area contributed by atoms with Crippen LogP contribution < -0.4 is 10.2 Å². The van der Waals surface area contributed by atoms with E-state index in [1.807, 2.05) is 25.1 Å². The number of aliphatic hydroxyl groups is 1. The lowest BCUT2D eigenvalue weighted by Gasteiger charge is -2.32. The summed E-state index contributed by atoms with van der Waals surface area (Å²) >= 11 is 5.95. The second-order valence-corrected chi connectivity index (χ2v) is 7.98. The summed E-state index contributed by atoms with van der Waals surface area (Å²) in [5.74, 6) is -0.296. The van der Waals surface area contributed by atoms with E-state index in [0.29, 0.717) is 53.5 Å². The van der Waals surface area contributed by atoms with E-state index in [4.69, 9.17) is 11.6 Å². The number of aliphatic hydroxyl groups excluding tert-OH is 1. The Morgan fingerprint density at radius 2 is 1.94 bits per heavy atom. The first kappa shape index (κ1) is 20.9. The molecule has 0 spiro atoms. The third kappa shape index (κ3) is 4.41. The maximum absolute atomic E-state index is 12.8. The highest BCUT2D eigenvalue weighted by Crippen LogP contribution is 2.27. The van der Waals surface area contributed by atoms with Gasteiger partial charge in [0, 0.05) is 23.8 Å². The summed E-state index contributed by atoms with van der Waals surface area (Å²) in [7, 11) is 0. The zero-order chi connectivity index (χ0) is 22.0. The number of rotatable bonds is 4. The molecule has 2 N–H and O–H groups in total. The van der Waals surface area contributed by atoms with Crippen molar-refractivity contribution in [2.24, 2.45) is 0 Å². The van der Waals surface area contributed by atoms with E-state index in [9.17, 15) is 15.2 Å². The van der Waals surface area contributed by atoms with Crippen LogP contribution in [0.1, 0.15) is 34.5 Å². The molecule has 158 valence electrons. The lowest BCUT2D eigenvalue weighted by atomic mass is 10.0. The fraction of sp³-hybridized carbons (Fsp3) is 0.261. The fourth-order valence-corrected chi connectivity index (χ4v) is 3.89. The lowest BCUT2D eigenvalue weighted by molar-refractivity contribution is 0.102. The number of benzene rings is 2. The van der Waals surface area contributed by atoms with Gasteiger partial charge in [-0.15, -0.1) is 0 Å². The minimum atomic E-state index is -0.296. The van der Waals surface area contributed by atoms with Gasteiger partial charge in [0.1, 0.15) is 6.07 Å². The zero-order valence-corrected chi connectivity index (χ0v) is 17.8. The minimum absolute atomic E-state index is 0.280. The van der Waals surface area contributed by atoms with Crippen LogP contribution in [0.5, 0.6) is 0 Å². The van der Waals surface area contributed by atoms with Gasteiger partial charge in [-0.2, -0.15) is 10.4 Å². The first-order chi connectivity index (χ1) is 15.0. The predicted octanol–water partition coefficient (Wildman–Crippen LogP) is 3.92. The second-order valence-electron chi connectivity index (χ2n) is 7.55. The van der Waals surface area contributed by atoms with Gasteiger partial charge in [0.2, 0.25) is 0 Å². The molecular formula is C23H22ClN5O2. The van der Waals surface area contributed by atoms with Crippen LogP contribution in [0.25, 0.3) is 5.69 Å². The molecule has 1 aliphatic heterocycles. The maximum Gasteiger partial charge on any atom is 0.259 e. The number of nitrogens with one attached hydrogen (secondary N) is 1. The molecule has 0 bridgehead atoms. The van der Waals surface area contributed by atoms with Gasteiger partial charge >= 0.3 is 0 Å². The highest BCUT2D eigenvalue weighted by atomic mass is 35.5. The molecule has 3 aromatic rings. The van der Waals surface area contributed by atoms with Crippen LogP contribution in [-0.4, -0.2) is 40.0 Å². The summed E-state index contributed by atoms with van der Waals surface area (Å²) in [6.07, 6.45) is 2.61. The van der Waals surface area contributed by atoms with Crippen LogP contribution in [0.15, 0.2) is 48.7 Å². The second kappa shape index (κ2) is 8.80. The number of anilines is 2. The Balaban J connectivity index is 1.52. The van der Waals surface area contributed by atoms with E-state index in [2.05, 4.69) is 21.4 Å². The molecule has 1 saturated heterocycles. The van der Waals surface area contributed by atoms with Crippen LogP contribution in [0.2, 0.25) is 5.02 Å². The van der Waals surface area contributed by atoms with Crippen LogP contribution in [0, 0.1) is 18.3 Å². The molecule has 7 nitrogen and oxygen atoms in total. The maximum atomic E-state index is 12.8. The molecule has 8 heteroatoms. The number of nitrogens with zero attached hydrogens (tertiary/aromatic N) is 4. The Morgan fingerprint density at radius 3 is 2.61 bits per heavy atom. The Hall–Kier alpha value is -3.34. The molecular weight excluding hydrogens is 414 g/mol. The minimum Gasteiger partial charge on any atom is -0.393 e. The topological polar surface area (TPSA) is 94.2 Å². The SMILES string of the molecule is Cc1c(C(=O)Nc2ccc(N3CCC(O)CC3)c(C#N)c2)cnn1-c1ccc(Cl)cc1. The van der Waals surface area contributed by atoms with E-state index in [1.165, 1.54) is 6.20 Å². The number of carbonyl (C=O) groups is 1. The molecule has 1 aliphatic rings. The summed E-state index contributed by atoms with van der Waals surface area (Å²) in [6, 6.07) is 14.7. The van der Waals surface area contributed by atoms with Crippen molar-refractivity contribution in [3.05, 3.63) is 70.5 Å². The summed E-state index contributed by atoms with van der Waals surface area (Å²) in [6.45, 7) is 3.22. The quantitative estimate of drug-likeness (QED) is 0.647. The van der Waals surface area contributed by atoms with Crippen molar-refractivity contribution in [3.63, 3.8) is 0 Å². The molecule has 0 aliphatic carbocycles. The monoisotopic (exact) mass is 435 g/mol. The average Bonchev–Trinajstić information content (AvgIpc) is 3.16. The Bertz CT molecular complexity index is 1140. The van der Waals surface area contributed by atoms with Gasteiger partial charge in [-0.05, 0) is 62.2 Å². The first-order valence-corrected chi connectivity index (χ1v) is 10.4. The van der Waals surface area contributed by atoms with Gasteiger partial charge in [0.25, 0.3) is 5.91 Å². The van der Waals surface area contributed by atoms with E-state index < -0.39 is 0 Å². The van der Waals surface area contributed by atoms with Crippen molar-refractivity contribution >= 4 is 28.9 Å². The number of hydrogen-bond donors (Lipinski definition) is 2. The molecule has 0 radical (unpaired) electrons. The summed E-state index contributed by atoms with van der Waals surface area (Å²) in [5.41, 5.74) is 3.80. The molecule has 0 atom stereocenters. The van der Waals surface area contributed by atoms with E-state index in [-0.39, 0.29) is 12.0 Å². The fourth-order valence-electron chi connectivity index (χ4n) is 3.76. The Labute approximate surface area is 185 Å². The Kier molecular flexibility index (Phi) is 5.94. The molecule has 31 heavy (non-hydrogen) atoms. The number of amides is 1. The van der Waals surface area contributed by atoms with Crippen molar-refractivity contribution in [3.8, 4) is 11.8 Å². The zero-order valence-electron chi connectivity index (χ0n) is 17.0. The van der Waals surface area contributed by atoms with E-state index in [1.54, 1.807) is 28.9 Å².